The number of aromatic nitrogens is 1. The molecule has 6 nitrogen and oxygen atoms in total. The standard InChI is InChI=1S/C19H21N3O3S/c1-3-17(23)22-19-21-15-7-6-13(10-16(15)26-19)11-18(24)20-12(2)9-14-5-4-8-25-14/h4-8,10,12H,3,9,11H2,1-2H3,(H,20,24)(H,21,22,23)/t12-/m1/s1. The van der Waals surface area contributed by atoms with Gasteiger partial charge in [-0.1, -0.05) is 24.3 Å². The van der Waals surface area contributed by atoms with E-state index in [1.165, 1.54) is 11.3 Å². The minimum Gasteiger partial charge on any atom is -0.469 e. The molecule has 0 bridgehead atoms. The molecule has 0 aliphatic carbocycles. The van der Waals surface area contributed by atoms with Crippen LogP contribution in [-0.4, -0.2) is 22.8 Å². The lowest BCUT2D eigenvalue weighted by Crippen LogP contribution is -2.35. The fourth-order valence-corrected chi connectivity index (χ4v) is 3.58. The van der Waals surface area contributed by atoms with Gasteiger partial charge < -0.3 is 15.1 Å². The zero-order valence-corrected chi connectivity index (χ0v) is 15.6. The lowest BCUT2D eigenvalue weighted by molar-refractivity contribution is -0.121. The highest BCUT2D eigenvalue weighted by atomic mass is 32.1. The Morgan fingerprint density at radius 1 is 1.27 bits per heavy atom. The maximum absolute atomic E-state index is 12.3. The molecule has 7 heteroatoms. The number of nitrogens with zero attached hydrogens (tertiary/aromatic N) is 1. The first kappa shape index (κ1) is 18.1. The van der Waals surface area contributed by atoms with Crippen molar-refractivity contribution in [3.8, 4) is 0 Å². The van der Waals surface area contributed by atoms with E-state index < -0.39 is 0 Å². The fraction of sp³-hybridized carbons (Fsp3) is 0.316. The monoisotopic (exact) mass is 371 g/mol. The van der Waals surface area contributed by atoms with Crippen LogP contribution in [0.3, 0.4) is 0 Å². The van der Waals surface area contributed by atoms with Gasteiger partial charge in [-0.25, -0.2) is 4.98 Å². The normalized spacial score (nSPS) is 12.1. The predicted octanol–water partition coefficient (Wildman–Crippen LogP) is 3.53. The Morgan fingerprint density at radius 3 is 2.85 bits per heavy atom. The molecule has 0 spiro atoms. The quantitative estimate of drug-likeness (QED) is 0.665. The van der Waals surface area contributed by atoms with Crippen LogP contribution in [0, 0.1) is 0 Å². The third-order valence-electron chi connectivity index (χ3n) is 3.88. The van der Waals surface area contributed by atoms with Gasteiger partial charge >= 0.3 is 0 Å². The number of benzene rings is 1. The van der Waals surface area contributed by atoms with Gasteiger partial charge in [0.15, 0.2) is 5.13 Å². The third-order valence-corrected chi connectivity index (χ3v) is 4.81. The molecule has 0 radical (unpaired) electrons. The van der Waals surface area contributed by atoms with Crippen LogP contribution in [0.4, 0.5) is 5.13 Å². The number of carbonyl (C=O) groups excluding carboxylic acids is 2. The van der Waals surface area contributed by atoms with Gasteiger partial charge in [0, 0.05) is 18.9 Å². The highest BCUT2D eigenvalue weighted by molar-refractivity contribution is 7.22. The second-order valence-corrected chi connectivity index (χ2v) is 7.18. The number of hydrogen-bond donors (Lipinski definition) is 2. The van der Waals surface area contributed by atoms with Crippen molar-refractivity contribution >= 4 is 38.5 Å². The largest absolute Gasteiger partial charge is 0.469 e. The smallest absolute Gasteiger partial charge is 0.225 e. The molecule has 2 N–H and O–H groups in total. The number of rotatable bonds is 7. The third kappa shape index (κ3) is 4.70. The van der Waals surface area contributed by atoms with Crippen LogP contribution < -0.4 is 10.6 Å². The Hall–Kier alpha value is -2.67. The van der Waals surface area contributed by atoms with Crippen molar-refractivity contribution in [2.75, 3.05) is 5.32 Å². The van der Waals surface area contributed by atoms with Crippen molar-refractivity contribution < 1.29 is 14.0 Å². The van der Waals surface area contributed by atoms with Gasteiger partial charge in [0.1, 0.15) is 5.76 Å². The Kier molecular flexibility index (Phi) is 5.68. The summed E-state index contributed by atoms with van der Waals surface area (Å²) in [5.41, 5.74) is 1.73. The highest BCUT2D eigenvalue weighted by Crippen LogP contribution is 2.27. The minimum atomic E-state index is -0.0609. The van der Waals surface area contributed by atoms with Gasteiger partial charge in [-0.05, 0) is 36.8 Å². The van der Waals surface area contributed by atoms with Crippen LogP contribution in [0.25, 0.3) is 10.2 Å². The topological polar surface area (TPSA) is 84.2 Å². The van der Waals surface area contributed by atoms with Crippen LogP contribution in [0.5, 0.6) is 0 Å². The van der Waals surface area contributed by atoms with Crippen molar-refractivity contribution in [3.05, 3.63) is 47.9 Å². The summed E-state index contributed by atoms with van der Waals surface area (Å²) >= 11 is 1.41. The molecule has 0 unspecified atom stereocenters. The summed E-state index contributed by atoms with van der Waals surface area (Å²) in [5, 5.41) is 6.34. The molecule has 3 aromatic rings. The van der Waals surface area contributed by atoms with E-state index in [1.807, 2.05) is 37.3 Å². The molecule has 2 aromatic heterocycles. The maximum Gasteiger partial charge on any atom is 0.225 e. The summed E-state index contributed by atoms with van der Waals surface area (Å²) in [6.45, 7) is 3.75. The van der Waals surface area contributed by atoms with E-state index in [-0.39, 0.29) is 17.9 Å². The Morgan fingerprint density at radius 2 is 2.12 bits per heavy atom. The summed E-state index contributed by atoms with van der Waals surface area (Å²) in [4.78, 5) is 28.1. The molecule has 0 saturated carbocycles. The van der Waals surface area contributed by atoms with Crippen molar-refractivity contribution in [1.29, 1.82) is 0 Å². The predicted molar refractivity (Wildman–Crippen MR) is 102 cm³/mol. The van der Waals surface area contributed by atoms with Gasteiger partial charge in [0.25, 0.3) is 0 Å². The molecule has 0 fully saturated rings. The van der Waals surface area contributed by atoms with Crippen LogP contribution >= 0.6 is 11.3 Å². The summed E-state index contributed by atoms with van der Waals surface area (Å²) in [6, 6.07) is 9.45. The van der Waals surface area contributed by atoms with Crippen molar-refractivity contribution in [2.45, 2.75) is 39.2 Å². The van der Waals surface area contributed by atoms with Gasteiger partial charge in [0.05, 0.1) is 22.9 Å². The van der Waals surface area contributed by atoms with Gasteiger partial charge in [-0.15, -0.1) is 0 Å². The number of anilines is 1. The van der Waals surface area contributed by atoms with E-state index in [1.54, 1.807) is 13.2 Å². The number of furan rings is 1. The lowest BCUT2D eigenvalue weighted by Gasteiger charge is -2.12. The number of amides is 2. The molecule has 26 heavy (non-hydrogen) atoms. The zero-order valence-electron chi connectivity index (χ0n) is 14.7. The molecular weight excluding hydrogens is 350 g/mol. The van der Waals surface area contributed by atoms with E-state index in [2.05, 4.69) is 15.6 Å². The summed E-state index contributed by atoms with van der Waals surface area (Å²) in [6.07, 6.45) is 3.00. The molecule has 3 rings (SSSR count). The van der Waals surface area contributed by atoms with Gasteiger partial charge in [-0.3, -0.25) is 9.59 Å². The Labute approximate surface area is 155 Å². The maximum atomic E-state index is 12.3. The van der Waals surface area contributed by atoms with Gasteiger partial charge in [-0.2, -0.15) is 0 Å². The van der Waals surface area contributed by atoms with Crippen LogP contribution in [-0.2, 0) is 22.4 Å². The van der Waals surface area contributed by atoms with Crippen LogP contribution in [0.2, 0.25) is 0 Å². The van der Waals surface area contributed by atoms with Crippen LogP contribution in [0.15, 0.2) is 41.0 Å². The molecule has 1 aromatic carbocycles. The molecule has 0 saturated heterocycles. The summed E-state index contributed by atoms with van der Waals surface area (Å²) in [5.74, 6) is 0.757. The fourth-order valence-electron chi connectivity index (χ4n) is 2.63. The average molecular weight is 371 g/mol. The second kappa shape index (κ2) is 8.14. The first-order valence-corrected chi connectivity index (χ1v) is 9.36. The second-order valence-electron chi connectivity index (χ2n) is 6.15. The van der Waals surface area contributed by atoms with E-state index in [4.69, 9.17) is 4.42 Å². The molecule has 136 valence electrons. The SMILES string of the molecule is CCC(=O)Nc1nc2ccc(CC(=O)N[C@H](C)Cc3ccco3)cc2s1. The number of carbonyl (C=O) groups is 2. The van der Waals surface area contributed by atoms with E-state index in [0.29, 0.717) is 24.4 Å². The Balaban J connectivity index is 1.60. The lowest BCUT2D eigenvalue weighted by atomic mass is 10.1. The molecule has 0 aliphatic rings. The number of fused-ring (bicyclic) bond motifs is 1. The van der Waals surface area contributed by atoms with Crippen LogP contribution in [0.1, 0.15) is 31.6 Å². The van der Waals surface area contributed by atoms with E-state index >= 15 is 0 Å². The number of nitrogens with one attached hydrogen (secondary N) is 2. The van der Waals surface area contributed by atoms with Crippen molar-refractivity contribution in [1.82, 2.24) is 10.3 Å². The van der Waals surface area contributed by atoms with Gasteiger partial charge in [0.2, 0.25) is 11.8 Å². The number of hydrogen-bond acceptors (Lipinski definition) is 5. The molecule has 0 aliphatic heterocycles. The van der Waals surface area contributed by atoms with E-state index in [0.717, 1.165) is 21.5 Å². The molecule has 2 heterocycles. The molecular formula is C19H21N3O3S. The van der Waals surface area contributed by atoms with Crippen molar-refractivity contribution in [3.63, 3.8) is 0 Å². The Bertz CT molecular complexity index is 902. The number of thiazole rings is 1. The molecule has 2 amide bonds. The summed E-state index contributed by atoms with van der Waals surface area (Å²) < 4.78 is 6.25. The first-order valence-electron chi connectivity index (χ1n) is 8.54. The average Bonchev–Trinajstić information content (AvgIpc) is 3.23. The minimum absolute atomic E-state index is 0.00311. The van der Waals surface area contributed by atoms with Crippen molar-refractivity contribution in [2.24, 2.45) is 0 Å². The summed E-state index contributed by atoms with van der Waals surface area (Å²) in [7, 11) is 0. The molecule has 1 atom stereocenters. The van der Waals surface area contributed by atoms with E-state index in [9.17, 15) is 9.59 Å². The highest BCUT2D eigenvalue weighted by Gasteiger charge is 2.12. The zero-order chi connectivity index (χ0) is 18.5. The first-order chi connectivity index (χ1) is 12.5.